The smallest absolute Gasteiger partial charge is 0.328 e. The fourth-order valence-electron chi connectivity index (χ4n) is 0.663. The van der Waals surface area contributed by atoms with Gasteiger partial charge in [-0.3, -0.25) is 0 Å². The summed E-state index contributed by atoms with van der Waals surface area (Å²) in [6.45, 7) is 5.38. The second kappa shape index (κ2) is 6.16. The Hall–Kier alpha value is -1.57. The number of hydrogen-bond acceptors (Lipinski definition) is 1. The SMILES string of the molecule is C=C/C=C(\C=C/C)/C=C/C(=O)O. The second-order valence-electron chi connectivity index (χ2n) is 2.07. The standard InChI is InChI=1S/C10H12O2/c1-3-5-9(6-4-2)7-8-10(11)12/h3-8H,1H2,2H3,(H,11,12)/b6-4-,8-7+,9-5+. The summed E-state index contributed by atoms with van der Waals surface area (Å²) in [6.07, 6.45) is 9.60. The van der Waals surface area contributed by atoms with E-state index < -0.39 is 5.97 Å². The van der Waals surface area contributed by atoms with Crippen molar-refractivity contribution in [2.75, 3.05) is 0 Å². The van der Waals surface area contributed by atoms with Crippen molar-refractivity contribution < 1.29 is 9.90 Å². The van der Waals surface area contributed by atoms with Crippen LogP contribution in [0.15, 0.2) is 48.6 Å². The van der Waals surface area contributed by atoms with Gasteiger partial charge in [-0.2, -0.15) is 0 Å². The number of carboxylic acids is 1. The highest BCUT2D eigenvalue weighted by Crippen LogP contribution is 1.99. The van der Waals surface area contributed by atoms with Gasteiger partial charge in [-0.1, -0.05) is 30.9 Å². The minimum atomic E-state index is -0.950. The third kappa shape index (κ3) is 5.23. The molecule has 0 aromatic carbocycles. The second-order valence-corrected chi connectivity index (χ2v) is 2.07. The zero-order chi connectivity index (χ0) is 9.40. The van der Waals surface area contributed by atoms with Crippen LogP contribution in [0.25, 0.3) is 0 Å². The fourth-order valence-corrected chi connectivity index (χ4v) is 0.663. The minimum Gasteiger partial charge on any atom is -0.478 e. The molecule has 0 aliphatic rings. The van der Waals surface area contributed by atoms with Gasteiger partial charge in [-0.15, -0.1) is 0 Å². The highest BCUT2D eigenvalue weighted by atomic mass is 16.4. The first-order valence-corrected chi connectivity index (χ1v) is 3.57. The van der Waals surface area contributed by atoms with Crippen LogP contribution in [0.3, 0.4) is 0 Å². The summed E-state index contributed by atoms with van der Waals surface area (Å²) in [4.78, 5) is 10.1. The zero-order valence-electron chi connectivity index (χ0n) is 7.03. The number of allylic oxidation sites excluding steroid dienone is 6. The van der Waals surface area contributed by atoms with Crippen LogP contribution in [0.2, 0.25) is 0 Å². The normalized spacial score (nSPS) is 12.6. The highest BCUT2D eigenvalue weighted by molar-refractivity contribution is 5.80. The molecule has 0 unspecified atom stereocenters. The molecule has 0 aliphatic heterocycles. The van der Waals surface area contributed by atoms with Crippen LogP contribution < -0.4 is 0 Å². The van der Waals surface area contributed by atoms with Crippen molar-refractivity contribution in [1.82, 2.24) is 0 Å². The first-order valence-electron chi connectivity index (χ1n) is 3.57. The lowest BCUT2D eigenvalue weighted by molar-refractivity contribution is -0.131. The summed E-state index contributed by atoms with van der Waals surface area (Å²) >= 11 is 0. The van der Waals surface area contributed by atoms with Gasteiger partial charge in [0.25, 0.3) is 0 Å². The maximum Gasteiger partial charge on any atom is 0.328 e. The van der Waals surface area contributed by atoms with E-state index in [2.05, 4.69) is 6.58 Å². The van der Waals surface area contributed by atoms with E-state index in [-0.39, 0.29) is 0 Å². The van der Waals surface area contributed by atoms with Crippen molar-refractivity contribution in [2.24, 2.45) is 0 Å². The third-order valence-electron chi connectivity index (χ3n) is 1.09. The lowest BCUT2D eigenvalue weighted by Crippen LogP contribution is -1.86. The molecule has 2 nitrogen and oxygen atoms in total. The van der Waals surface area contributed by atoms with Crippen molar-refractivity contribution in [3.8, 4) is 0 Å². The topological polar surface area (TPSA) is 37.3 Å². The maximum atomic E-state index is 10.1. The van der Waals surface area contributed by atoms with Crippen LogP contribution in [0.1, 0.15) is 6.92 Å². The highest BCUT2D eigenvalue weighted by Gasteiger charge is 1.86. The number of hydrogen-bond donors (Lipinski definition) is 1. The molecule has 12 heavy (non-hydrogen) atoms. The molecule has 0 aliphatic carbocycles. The summed E-state index contributed by atoms with van der Waals surface area (Å²) in [5.41, 5.74) is 0.815. The molecule has 0 amide bonds. The Kier molecular flexibility index (Phi) is 5.35. The van der Waals surface area contributed by atoms with Gasteiger partial charge in [0.1, 0.15) is 0 Å². The van der Waals surface area contributed by atoms with E-state index in [0.29, 0.717) is 0 Å². The fraction of sp³-hybridized carbons (Fsp3) is 0.100. The Morgan fingerprint density at radius 3 is 2.42 bits per heavy atom. The summed E-state index contributed by atoms with van der Waals surface area (Å²) in [5.74, 6) is -0.950. The molecule has 0 radical (unpaired) electrons. The molecule has 1 N–H and O–H groups in total. The van der Waals surface area contributed by atoms with E-state index >= 15 is 0 Å². The molecular weight excluding hydrogens is 152 g/mol. The molecule has 0 saturated carbocycles. The van der Waals surface area contributed by atoms with Crippen molar-refractivity contribution in [3.05, 3.63) is 48.6 Å². The van der Waals surface area contributed by atoms with Crippen LogP contribution in [-0.4, -0.2) is 11.1 Å². The summed E-state index contributed by atoms with van der Waals surface area (Å²) in [7, 11) is 0. The van der Waals surface area contributed by atoms with Crippen LogP contribution >= 0.6 is 0 Å². The molecular formula is C10H12O2. The quantitative estimate of drug-likeness (QED) is 0.511. The largest absolute Gasteiger partial charge is 0.478 e. The summed E-state index contributed by atoms with van der Waals surface area (Å²) in [6, 6.07) is 0. The van der Waals surface area contributed by atoms with Gasteiger partial charge in [0.05, 0.1) is 0 Å². The molecule has 0 aromatic heterocycles. The Labute approximate surface area is 72.2 Å². The van der Waals surface area contributed by atoms with E-state index in [4.69, 9.17) is 5.11 Å². The molecule has 2 heteroatoms. The lowest BCUT2D eigenvalue weighted by atomic mass is 10.2. The number of carboxylic acid groups (broad SMARTS) is 1. The van der Waals surface area contributed by atoms with Crippen molar-refractivity contribution in [2.45, 2.75) is 6.92 Å². The van der Waals surface area contributed by atoms with Gasteiger partial charge >= 0.3 is 5.97 Å². The van der Waals surface area contributed by atoms with Crippen LogP contribution in [-0.2, 0) is 4.79 Å². The molecule has 0 fully saturated rings. The first kappa shape index (κ1) is 10.4. The number of rotatable bonds is 4. The molecule has 64 valence electrons. The monoisotopic (exact) mass is 164 g/mol. The Morgan fingerprint density at radius 1 is 1.33 bits per heavy atom. The van der Waals surface area contributed by atoms with Gasteiger partial charge in [-0.25, -0.2) is 4.79 Å². The predicted octanol–water partition coefficient (Wildman–Crippen LogP) is 2.32. The number of carbonyl (C=O) groups is 1. The number of aliphatic carboxylic acids is 1. The van der Waals surface area contributed by atoms with Gasteiger partial charge in [-0.05, 0) is 18.6 Å². The van der Waals surface area contributed by atoms with E-state index in [1.165, 1.54) is 6.08 Å². The van der Waals surface area contributed by atoms with Gasteiger partial charge in [0, 0.05) is 6.08 Å². The molecule has 0 spiro atoms. The predicted molar refractivity (Wildman–Crippen MR) is 49.9 cm³/mol. The van der Waals surface area contributed by atoms with Crippen molar-refractivity contribution in [1.29, 1.82) is 0 Å². The zero-order valence-corrected chi connectivity index (χ0v) is 7.03. The lowest BCUT2D eigenvalue weighted by Gasteiger charge is -1.88. The molecule has 0 rings (SSSR count). The van der Waals surface area contributed by atoms with E-state index in [0.717, 1.165) is 11.6 Å². The van der Waals surface area contributed by atoms with E-state index in [1.807, 2.05) is 13.0 Å². The molecule has 0 atom stereocenters. The van der Waals surface area contributed by atoms with E-state index in [9.17, 15) is 4.79 Å². The Morgan fingerprint density at radius 2 is 2.00 bits per heavy atom. The van der Waals surface area contributed by atoms with Crippen LogP contribution in [0.5, 0.6) is 0 Å². The van der Waals surface area contributed by atoms with Crippen LogP contribution in [0.4, 0.5) is 0 Å². The molecule has 0 heterocycles. The Bertz CT molecular complexity index is 245. The molecule has 0 bridgehead atoms. The first-order chi connectivity index (χ1) is 5.70. The maximum absolute atomic E-state index is 10.1. The summed E-state index contributed by atoms with van der Waals surface area (Å²) in [5, 5.41) is 8.33. The average molecular weight is 164 g/mol. The van der Waals surface area contributed by atoms with E-state index in [1.54, 1.807) is 18.2 Å². The van der Waals surface area contributed by atoms with Crippen LogP contribution in [0, 0.1) is 0 Å². The van der Waals surface area contributed by atoms with Gasteiger partial charge in [0.2, 0.25) is 0 Å². The van der Waals surface area contributed by atoms with Gasteiger partial charge in [0.15, 0.2) is 0 Å². The third-order valence-corrected chi connectivity index (χ3v) is 1.09. The minimum absolute atomic E-state index is 0.815. The summed E-state index contributed by atoms with van der Waals surface area (Å²) < 4.78 is 0. The Balaban J connectivity index is 4.43. The molecule has 0 aromatic rings. The van der Waals surface area contributed by atoms with Crippen molar-refractivity contribution >= 4 is 5.97 Å². The molecule has 0 saturated heterocycles. The average Bonchev–Trinajstić information content (AvgIpc) is 2.01. The van der Waals surface area contributed by atoms with Crippen molar-refractivity contribution in [3.63, 3.8) is 0 Å². The van der Waals surface area contributed by atoms with Gasteiger partial charge < -0.3 is 5.11 Å².